The van der Waals surface area contributed by atoms with Gasteiger partial charge in [-0.3, -0.25) is 4.99 Å². The fraction of sp³-hybridized carbons (Fsp3) is 0.650. The topological polar surface area (TPSA) is 45.7 Å². The molecule has 2 fully saturated rings. The van der Waals surface area contributed by atoms with Gasteiger partial charge in [0.05, 0.1) is 6.54 Å². The SMILES string of the molecule is CCNC(=NCC1(c2cccc(F)c2)CCOCC1)NC1CCCC1. The van der Waals surface area contributed by atoms with E-state index in [1.54, 1.807) is 12.1 Å². The van der Waals surface area contributed by atoms with E-state index in [2.05, 4.69) is 17.6 Å². The second kappa shape index (κ2) is 8.65. The first-order valence-corrected chi connectivity index (χ1v) is 9.60. The Morgan fingerprint density at radius 1 is 1.28 bits per heavy atom. The number of halogens is 1. The normalized spacial score (nSPS) is 21.3. The van der Waals surface area contributed by atoms with Crippen LogP contribution in [0, 0.1) is 5.82 Å². The fourth-order valence-electron chi connectivity index (χ4n) is 3.93. The maximum Gasteiger partial charge on any atom is 0.191 e. The molecule has 2 aliphatic rings. The van der Waals surface area contributed by atoms with Gasteiger partial charge in [-0.25, -0.2) is 4.39 Å². The summed E-state index contributed by atoms with van der Waals surface area (Å²) < 4.78 is 19.4. The van der Waals surface area contributed by atoms with Crippen molar-refractivity contribution < 1.29 is 9.13 Å². The zero-order valence-electron chi connectivity index (χ0n) is 15.2. The van der Waals surface area contributed by atoms with Crippen molar-refractivity contribution in [2.45, 2.75) is 56.9 Å². The van der Waals surface area contributed by atoms with Crippen LogP contribution in [0.1, 0.15) is 51.0 Å². The number of aliphatic imine (C=N–C) groups is 1. The molecule has 5 heteroatoms. The van der Waals surface area contributed by atoms with Crippen molar-refractivity contribution in [3.8, 4) is 0 Å². The lowest BCUT2D eigenvalue weighted by Gasteiger charge is -2.36. The third kappa shape index (κ3) is 4.72. The molecule has 3 rings (SSSR count). The molecule has 0 amide bonds. The lowest BCUT2D eigenvalue weighted by atomic mass is 9.74. The quantitative estimate of drug-likeness (QED) is 0.634. The van der Waals surface area contributed by atoms with Gasteiger partial charge in [-0.05, 0) is 50.3 Å². The molecule has 2 N–H and O–H groups in total. The van der Waals surface area contributed by atoms with Crippen LogP contribution in [0.2, 0.25) is 0 Å². The average Bonchev–Trinajstić information content (AvgIpc) is 3.14. The van der Waals surface area contributed by atoms with E-state index in [1.807, 2.05) is 6.07 Å². The maximum absolute atomic E-state index is 13.8. The third-order valence-electron chi connectivity index (χ3n) is 5.47. The molecule has 0 bridgehead atoms. The second-order valence-electron chi connectivity index (χ2n) is 7.22. The smallest absolute Gasteiger partial charge is 0.191 e. The summed E-state index contributed by atoms with van der Waals surface area (Å²) in [6.45, 7) is 5.00. The van der Waals surface area contributed by atoms with Crippen LogP contribution in [-0.2, 0) is 10.2 Å². The number of benzene rings is 1. The van der Waals surface area contributed by atoms with Gasteiger partial charge in [-0.15, -0.1) is 0 Å². The van der Waals surface area contributed by atoms with E-state index >= 15 is 0 Å². The van der Waals surface area contributed by atoms with Crippen molar-refractivity contribution in [3.05, 3.63) is 35.6 Å². The summed E-state index contributed by atoms with van der Waals surface area (Å²) in [5, 5.41) is 6.93. The standard InChI is InChI=1S/C20H30FN3O/c1-2-22-19(24-18-8-3-4-9-18)23-15-20(10-12-25-13-11-20)16-6-5-7-17(21)14-16/h5-7,14,18H,2-4,8-13,15H2,1H3,(H2,22,23,24). The minimum atomic E-state index is -0.177. The number of hydrogen-bond acceptors (Lipinski definition) is 2. The van der Waals surface area contributed by atoms with Crippen LogP contribution in [0.4, 0.5) is 4.39 Å². The van der Waals surface area contributed by atoms with E-state index in [0.717, 1.165) is 30.9 Å². The summed E-state index contributed by atoms with van der Waals surface area (Å²) in [4.78, 5) is 4.90. The van der Waals surface area contributed by atoms with Crippen LogP contribution in [0.25, 0.3) is 0 Å². The molecule has 1 aliphatic carbocycles. The van der Waals surface area contributed by atoms with Crippen molar-refractivity contribution in [2.75, 3.05) is 26.3 Å². The Kier molecular flexibility index (Phi) is 6.29. The van der Waals surface area contributed by atoms with Crippen molar-refractivity contribution in [1.82, 2.24) is 10.6 Å². The first kappa shape index (κ1) is 18.2. The molecule has 0 radical (unpaired) electrons. The zero-order chi connectivity index (χ0) is 17.5. The number of ether oxygens (including phenoxy) is 1. The summed E-state index contributed by atoms with van der Waals surface area (Å²) in [5.41, 5.74) is 0.898. The number of nitrogens with one attached hydrogen (secondary N) is 2. The van der Waals surface area contributed by atoms with Gasteiger partial charge in [0.1, 0.15) is 5.82 Å². The Morgan fingerprint density at radius 3 is 2.72 bits per heavy atom. The minimum Gasteiger partial charge on any atom is -0.381 e. The highest BCUT2D eigenvalue weighted by atomic mass is 19.1. The van der Waals surface area contributed by atoms with E-state index in [0.29, 0.717) is 25.8 Å². The summed E-state index contributed by atoms with van der Waals surface area (Å²) in [7, 11) is 0. The predicted octanol–water partition coefficient (Wildman–Crippen LogP) is 3.37. The molecular weight excluding hydrogens is 317 g/mol. The van der Waals surface area contributed by atoms with E-state index in [-0.39, 0.29) is 11.2 Å². The molecule has 138 valence electrons. The van der Waals surface area contributed by atoms with Gasteiger partial charge in [0.2, 0.25) is 0 Å². The van der Waals surface area contributed by atoms with E-state index in [9.17, 15) is 4.39 Å². The first-order valence-electron chi connectivity index (χ1n) is 9.60. The molecule has 1 saturated heterocycles. The molecule has 25 heavy (non-hydrogen) atoms. The van der Waals surface area contributed by atoms with E-state index < -0.39 is 0 Å². The van der Waals surface area contributed by atoms with Gasteiger partial charge in [0.15, 0.2) is 5.96 Å². The van der Waals surface area contributed by atoms with Crippen molar-refractivity contribution in [3.63, 3.8) is 0 Å². The Bertz CT molecular complexity index is 578. The van der Waals surface area contributed by atoms with Crippen molar-refractivity contribution in [1.29, 1.82) is 0 Å². The number of guanidine groups is 1. The van der Waals surface area contributed by atoms with Gasteiger partial charge in [0, 0.05) is 31.2 Å². The van der Waals surface area contributed by atoms with Crippen LogP contribution in [0.3, 0.4) is 0 Å². The predicted molar refractivity (Wildman–Crippen MR) is 99.5 cm³/mol. The molecular formula is C20H30FN3O. The lowest BCUT2D eigenvalue weighted by Crippen LogP contribution is -2.44. The van der Waals surface area contributed by atoms with Gasteiger partial charge in [-0.2, -0.15) is 0 Å². The maximum atomic E-state index is 13.8. The minimum absolute atomic E-state index is 0.140. The lowest BCUT2D eigenvalue weighted by molar-refractivity contribution is 0.0530. The molecule has 0 aromatic heterocycles. The molecule has 1 saturated carbocycles. The molecule has 1 heterocycles. The molecule has 0 spiro atoms. The average molecular weight is 347 g/mol. The van der Waals surface area contributed by atoms with Crippen LogP contribution >= 0.6 is 0 Å². The monoisotopic (exact) mass is 347 g/mol. The molecule has 0 unspecified atom stereocenters. The van der Waals surface area contributed by atoms with E-state index in [4.69, 9.17) is 9.73 Å². The Balaban J connectivity index is 1.78. The Hall–Kier alpha value is -1.62. The number of hydrogen-bond donors (Lipinski definition) is 2. The second-order valence-corrected chi connectivity index (χ2v) is 7.22. The first-order chi connectivity index (χ1) is 12.2. The summed E-state index contributed by atoms with van der Waals surface area (Å²) in [5.74, 6) is 0.708. The van der Waals surface area contributed by atoms with Gasteiger partial charge >= 0.3 is 0 Å². The Labute approximate surface area is 150 Å². The number of nitrogens with zero attached hydrogens (tertiary/aromatic N) is 1. The number of rotatable bonds is 5. The van der Waals surface area contributed by atoms with Gasteiger partial charge in [-0.1, -0.05) is 25.0 Å². The van der Waals surface area contributed by atoms with Gasteiger partial charge < -0.3 is 15.4 Å². The molecule has 1 aliphatic heterocycles. The van der Waals surface area contributed by atoms with E-state index in [1.165, 1.54) is 31.7 Å². The van der Waals surface area contributed by atoms with Crippen LogP contribution in [-0.4, -0.2) is 38.3 Å². The third-order valence-corrected chi connectivity index (χ3v) is 5.47. The molecule has 1 aromatic carbocycles. The molecule has 1 aromatic rings. The Morgan fingerprint density at radius 2 is 2.04 bits per heavy atom. The zero-order valence-corrected chi connectivity index (χ0v) is 15.2. The van der Waals surface area contributed by atoms with Crippen molar-refractivity contribution in [2.24, 2.45) is 4.99 Å². The highest BCUT2D eigenvalue weighted by Gasteiger charge is 2.35. The summed E-state index contributed by atoms with van der Waals surface area (Å²) in [6, 6.07) is 7.52. The van der Waals surface area contributed by atoms with Crippen LogP contribution < -0.4 is 10.6 Å². The molecule has 0 atom stereocenters. The summed E-state index contributed by atoms with van der Waals surface area (Å²) >= 11 is 0. The highest BCUT2D eigenvalue weighted by Crippen LogP contribution is 2.35. The highest BCUT2D eigenvalue weighted by molar-refractivity contribution is 5.80. The molecule has 4 nitrogen and oxygen atoms in total. The van der Waals surface area contributed by atoms with Crippen molar-refractivity contribution >= 4 is 5.96 Å². The summed E-state index contributed by atoms with van der Waals surface area (Å²) in [6.07, 6.45) is 6.77. The largest absolute Gasteiger partial charge is 0.381 e. The van der Waals surface area contributed by atoms with Crippen LogP contribution in [0.15, 0.2) is 29.3 Å². The fourth-order valence-corrected chi connectivity index (χ4v) is 3.93. The van der Waals surface area contributed by atoms with Crippen LogP contribution in [0.5, 0.6) is 0 Å². The van der Waals surface area contributed by atoms with Gasteiger partial charge in [0.25, 0.3) is 0 Å².